The summed E-state index contributed by atoms with van der Waals surface area (Å²) < 4.78 is 0. The van der Waals surface area contributed by atoms with E-state index in [1.54, 1.807) is 19.1 Å². The normalized spacial score (nSPS) is 19.6. The maximum atomic E-state index is 11.1. The average molecular weight is 251 g/mol. The summed E-state index contributed by atoms with van der Waals surface area (Å²) in [6.07, 6.45) is 5.81. The molecule has 1 heterocycles. The van der Waals surface area contributed by atoms with Gasteiger partial charge in [0.1, 0.15) is 5.70 Å². The Hall–Kier alpha value is -1.62. The van der Waals surface area contributed by atoms with E-state index in [1.165, 1.54) is 6.08 Å². The fourth-order valence-corrected chi connectivity index (χ4v) is 2.08. The maximum absolute atomic E-state index is 11.1. The van der Waals surface area contributed by atoms with Crippen molar-refractivity contribution in [3.63, 3.8) is 0 Å². The van der Waals surface area contributed by atoms with Gasteiger partial charge in [-0.1, -0.05) is 12.7 Å². The molecule has 18 heavy (non-hydrogen) atoms. The van der Waals surface area contributed by atoms with Crippen LogP contribution >= 0.6 is 0 Å². The molecule has 0 amide bonds. The van der Waals surface area contributed by atoms with Crippen molar-refractivity contribution in [1.29, 1.82) is 0 Å². The number of rotatable bonds is 4. The molecule has 0 radical (unpaired) electrons. The molecule has 1 aliphatic rings. The third-order valence-electron chi connectivity index (χ3n) is 3.04. The number of allylic oxidation sites excluding steroid dienone is 3. The summed E-state index contributed by atoms with van der Waals surface area (Å²) in [5, 5.41) is 11.1. The quantitative estimate of drug-likeness (QED) is 0.435. The molecule has 0 unspecified atom stereocenters. The summed E-state index contributed by atoms with van der Waals surface area (Å²) in [6.45, 7) is 9.07. The molecule has 1 rings (SSSR count). The van der Waals surface area contributed by atoms with Gasteiger partial charge in [0, 0.05) is 25.7 Å². The second kappa shape index (κ2) is 6.96. The molecule has 0 aromatic carbocycles. The smallest absolute Gasteiger partial charge is 0.292 e. The zero-order valence-corrected chi connectivity index (χ0v) is 11.1. The van der Waals surface area contributed by atoms with Crippen molar-refractivity contribution < 1.29 is 4.92 Å². The molecule has 1 aliphatic heterocycles. The van der Waals surface area contributed by atoms with Crippen molar-refractivity contribution in [2.24, 2.45) is 0 Å². The van der Waals surface area contributed by atoms with Gasteiger partial charge >= 0.3 is 0 Å². The molecule has 5 nitrogen and oxygen atoms in total. The summed E-state index contributed by atoms with van der Waals surface area (Å²) in [7, 11) is 2.07. The molecular weight excluding hydrogens is 230 g/mol. The Balaban J connectivity index is 3.02. The van der Waals surface area contributed by atoms with Gasteiger partial charge in [0.2, 0.25) is 0 Å². The zero-order chi connectivity index (χ0) is 13.5. The first kappa shape index (κ1) is 14.4. The third kappa shape index (κ3) is 3.70. The molecule has 0 atom stereocenters. The molecule has 0 saturated carbocycles. The molecule has 0 N–H and O–H groups in total. The summed E-state index contributed by atoms with van der Waals surface area (Å²) in [5.41, 5.74) is 0.741. The van der Waals surface area contributed by atoms with Crippen LogP contribution in [0.25, 0.3) is 0 Å². The Kier molecular flexibility index (Phi) is 5.58. The Morgan fingerprint density at radius 2 is 2.06 bits per heavy atom. The fraction of sp³-hybridized carbons (Fsp3) is 0.538. The van der Waals surface area contributed by atoms with Crippen molar-refractivity contribution in [3.8, 4) is 0 Å². The van der Waals surface area contributed by atoms with E-state index in [4.69, 9.17) is 0 Å². The molecule has 0 spiro atoms. The number of nitrogens with zero attached hydrogens (tertiary/aromatic N) is 3. The number of likely N-dealkylation sites (N-methyl/N-ethyl adjacent to an activating group) is 1. The molecule has 0 aromatic heterocycles. The van der Waals surface area contributed by atoms with Gasteiger partial charge in [0.15, 0.2) is 0 Å². The Labute approximate surface area is 108 Å². The van der Waals surface area contributed by atoms with Crippen molar-refractivity contribution in [1.82, 2.24) is 9.80 Å². The van der Waals surface area contributed by atoms with Gasteiger partial charge in [-0.3, -0.25) is 10.1 Å². The highest BCUT2D eigenvalue weighted by molar-refractivity contribution is 5.26. The van der Waals surface area contributed by atoms with Crippen molar-refractivity contribution in [2.75, 3.05) is 33.2 Å². The van der Waals surface area contributed by atoms with Crippen LogP contribution in [-0.2, 0) is 0 Å². The van der Waals surface area contributed by atoms with Crippen LogP contribution in [0.15, 0.2) is 36.2 Å². The van der Waals surface area contributed by atoms with E-state index >= 15 is 0 Å². The van der Waals surface area contributed by atoms with Gasteiger partial charge < -0.3 is 9.80 Å². The maximum Gasteiger partial charge on any atom is 0.292 e. The average Bonchev–Trinajstić information content (AvgIpc) is 2.54. The molecule has 0 aliphatic carbocycles. The first-order valence-corrected chi connectivity index (χ1v) is 6.17. The minimum Gasteiger partial charge on any atom is -0.365 e. The van der Waals surface area contributed by atoms with Crippen molar-refractivity contribution in [3.05, 3.63) is 46.3 Å². The SMILES string of the molecule is C=C/C(=C(\C=C/C)[N+](=O)[O-])N1CCCN(C)CC1. The zero-order valence-electron chi connectivity index (χ0n) is 11.1. The Morgan fingerprint density at radius 3 is 2.61 bits per heavy atom. The largest absolute Gasteiger partial charge is 0.365 e. The van der Waals surface area contributed by atoms with Crippen molar-refractivity contribution >= 4 is 0 Å². The first-order valence-electron chi connectivity index (χ1n) is 6.17. The topological polar surface area (TPSA) is 49.6 Å². The molecule has 100 valence electrons. The Morgan fingerprint density at radius 1 is 1.33 bits per heavy atom. The van der Waals surface area contributed by atoms with Gasteiger partial charge in [-0.2, -0.15) is 0 Å². The predicted octanol–water partition coefficient (Wildman–Crippen LogP) is 1.87. The second-order valence-electron chi connectivity index (χ2n) is 4.38. The predicted molar refractivity (Wildman–Crippen MR) is 72.7 cm³/mol. The van der Waals surface area contributed by atoms with Crippen LogP contribution in [0.4, 0.5) is 0 Å². The van der Waals surface area contributed by atoms with Gasteiger partial charge in [0.25, 0.3) is 5.70 Å². The van der Waals surface area contributed by atoms with E-state index in [1.807, 2.05) is 0 Å². The van der Waals surface area contributed by atoms with Gasteiger partial charge in [-0.25, -0.2) is 0 Å². The minimum atomic E-state index is -0.342. The minimum absolute atomic E-state index is 0.122. The van der Waals surface area contributed by atoms with E-state index in [9.17, 15) is 10.1 Å². The molecule has 5 heteroatoms. The van der Waals surface area contributed by atoms with Crippen LogP contribution in [0.3, 0.4) is 0 Å². The molecule has 1 saturated heterocycles. The fourth-order valence-electron chi connectivity index (χ4n) is 2.08. The van der Waals surface area contributed by atoms with Crippen LogP contribution < -0.4 is 0 Å². The molecule has 0 bridgehead atoms. The standard InChI is InChI=1S/C13H21N3O2/c1-4-7-13(16(17)18)12(5-2)15-9-6-8-14(3)10-11-15/h4-5,7H,2,6,8-11H2,1,3H3/b7-4-,13-12-. The van der Waals surface area contributed by atoms with Crippen LogP contribution in [0.1, 0.15) is 13.3 Å². The lowest BCUT2D eigenvalue weighted by Crippen LogP contribution is -2.29. The van der Waals surface area contributed by atoms with E-state index in [-0.39, 0.29) is 10.6 Å². The lowest BCUT2D eigenvalue weighted by molar-refractivity contribution is -0.420. The third-order valence-corrected chi connectivity index (χ3v) is 3.04. The number of hydrogen-bond donors (Lipinski definition) is 0. The summed E-state index contributed by atoms with van der Waals surface area (Å²) in [6, 6.07) is 0. The van der Waals surface area contributed by atoms with Crippen LogP contribution in [-0.4, -0.2) is 47.9 Å². The number of hydrogen-bond acceptors (Lipinski definition) is 4. The molecule has 1 fully saturated rings. The lowest BCUT2D eigenvalue weighted by Gasteiger charge is -2.23. The first-order chi connectivity index (χ1) is 8.60. The molecular formula is C13H21N3O2. The van der Waals surface area contributed by atoms with E-state index < -0.39 is 0 Å². The molecule has 0 aromatic rings. The highest BCUT2D eigenvalue weighted by Gasteiger charge is 2.20. The second-order valence-corrected chi connectivity index (χ2v) is 4.38. The number of nitro groups is 1. The Bertz CT molecular complexity index is 374. The summed E-state index contributed by atoms with van der Waals surface area (Å²) in [5.74, 6) is 0. The van der Waals surface area contributed by atoms with E-state index in [2.05, 4.69) is 23.4 Å². The van der Waals surface area contributed by atoms with Crippen LogP contribution in [0.5, 0.6) is 0 Å². The van der Waals surface area contributed by atoms with E-state index in [0.29, 0.717) is 5.70 Å². The lowest BCUT2D eigenvalue weighted by atomic mass is 10.2. The summed E-state index contributed by atoms with van der Waals surface area (Å²) >= 11 is 0. The monoisotopic (exact) mass is 251 g/mol. The van der Waals surface area contributed by atoms with Gasteiger partial charge in [0.05, 0.1) is 4.92 Å². The highest BCUT2D eigenvalue weighted by atomic mass is 16.6. The summed E-state index contributed by atoms with van der Waals surface area (Å²) in [4.78, 5) is 15.0. The van der Waals surface area contributed by atoms with Crippen LogP contribution in [0, 0.1) is 10.1 Å². The van der Waals surface area contributed by atoms with Crippen molar-refractivity contribution in [2.45, 2.75) is 13.3 Å². The van der Waals surface area contributed by atoms with Crippen LogP contribution in [0.2, 0.25) is 0 Å². The van der Waals surface area contributed by atoms with Gasteiger partial charge in [-0.05, 0) is 33.0 Å². The highest BCUT2D eigenvalue weighted by Crippen LogP contribution is 2.16. The van der Waals surface area contributed by atoms with E-state index in [0.717, 1.165) is 32.6 Å². The van der Waals surface area contributed by atoms with Gasteiger partial charge in [-0.15, -0.1) is 0 Å².